The zero-order chi connectivity index (χ0) is 44.2. The number of ether oxygens (including phenoxy) is 3. The highest BCUT2D eigenvalue weighted by atomic mass is 32.2. The maximum Gasteiger partial charge on any atom is 0.424 e. The number of aromatic nitrogens is 4. The Hall–Kier alpha value is -5.60. The maximum absolute atomic E-state index is 12.8. The van der Waals surface area contributed by atoms with Gasteiger partial charge in [-0.2, -0.15) is 0 Å². The fourth-order valence-electron chi connectivity index (χ4n) is 6.73. The summed E-state index contributed by atoms with van der Waals surface area (Å²) in [4.78, 5) is 35.1. The lowest BCUT2D eigenvalue weighted by Gasteiger charge is -2.35. The summed E-state index contributed by atoms with van der Waals surface area (Å²) in [6, 6.07) is 24.2. The number of imidazole rings is 2. The molecule has 0 saturated carbocycles. The Morgan fingerprint density at radius 2 is 1.13 bits per heavy atom. The summed E-state index contributed by atoms with van der Waals surface area (Å²) >= 11 is 0. The molecule has 2 aromatic heterocycles. The van der Waals surface area contributed by atoms with Crippen LogP contribution in [-0.2, 0) is 20.0 Å². The number of nitrogens with one attached hydrogen (secondary N) is 1. The van der Waals surface area contributed by atoms with Crippen LogP contribution >= 0.6 is 0 Å². The summed E-state index contributed by atoms with van der Waals surface area (Å²) in [6.45, 7) is 2.18. The highest BCUT2D eigenvalue weighted by Crippen LogP contribution is 2.25. The quantitative estimate of drug-likeness (QED) is 0.206. The third-order valence-electron chi connectivity index (χ3n) is 10.3. The smallest absolute Gasteiger partial charge is 0.424 e. The SMILES string of the molecule is CNC1CCN(S(C)(=O)=O)CC1.COc1cccc(-c2cn(C(=O)N(C)C3CCN(S(C)(=O)=O)CC3)cn2)c1.COc1cccc(-c2cn(C(=O)Oc3ccccc3)cn2)c1. The molecule has 1 N–H and O–H groups in total. The normalized spacial score (nSPS) is 15.4. The van der Waals surface area contributed by atoms with Gasteiger partial charge in [0.15, 0.2) is 0 Å². The van der Waals surface area contributed by atoms with E-state index in [0.717, 1.165) is 35.5 Å². The molecule has 3 aromatic carbocycles. The molecule has 0 spiro atoms. The van der Waals surface area contributed by atoms with Crippen molar-refractivity contribution in [1.29, 1.82) is 0 Å². The minimum absolute atomic E-state index is 0.00170. The van der Waals surface area contributed by atoms with Crippen molar-refractivity contribution >= 4 is 32.2 Å². The van der Waals surface area contributed by atoms with Crippen molar-refractivity contribution < 1.29 is 40.6 Å². The number of para-hydroxylation sites is 1. The van der Waals surface area contributed by atoms with Gasteiger partial charge in [0, 0.05) is 68.8 Å². The Bertz CT molecular complexity index is 2430. The average molecular weight is 879 g/mol. The van der Waals surface area contributed by atoms with E-state index in [2.05, 4.69) is 15.3 Å². The molecule has 328 valence electrons. The Labute approximate surface area is 358 Å². The molecule has 61 heavy (non-hydrogen) atoms. The van der Waals surface area contributed by atoms with Gasteiger partial charge in [-0.15, -0.1) is 0 Å². The second-order valence-corrected chi connectivity index (χ2v) is 18.5. The molecule has 7 rings (SSSR count). The number of methoxy groups -OCH3 is 2. The summed E-state index contributed by atoms with van der Waals surface area (Å²) in [5.74, 6) is 1.95. The van der Waals surface area contributed by atoms with E-state index in [1.165, 1.54) is 38.6 Å². The number of hydrogen-bond donors (Lipinski definition) is 1. The average Bonchev–Trinajstić information content (AvgIpc) is 3.98. The van der Waals surface area contributed by atoms with E-state index in [-0.39, 0.29) is 12.1 Å². The highest BCUT2D eigenvalue weighted by molar-refractivity contribution is 7.88. The Kier molecular flexibility index (Phi) is 16.2. The number of carbonyl (C=O) groups is 2. The molecule has 19 heteroatoms. The number of benzene rings is 3. The monoisotopic (exact) mass is 878 g/mol. The lowest BCUT2D eigenvalue weighted by atomic mass is 10.1. The number of nitrogens with zero attached hydrogens (tertiary/aromatic N) is 7. The summed E-state index contributed by atoms with van der Waals surface area (Å²) < 4.78 is 66.9. The van der Waals surface area contributed by atoms with Gasteiger partial charge in [0.05, 0.1) is 38.1 Å². The molecule has 2 fully saturated rings. The molecule has 1 amide bonds. The molecule has 4 heterocycles. The molecule has 2 aliphatic rings. The van der Waals surface area contributed by atoms with Crippen molar-refractivity contribution in [3.8, 4) is 39.8 Å². The minimum Gasteiger partial charge on any atom is -0.497 e. The molecular formula is C42H54N8O9S2. The van der Waals surface area contributed by atoms with Crippen molar-refractivity contribution in [3.63, 3.8) is 0 Å². The first-order valence-corrected chi connectivity index (χ1v) is 23.3. The molecule has 0 radical (unpaired) electrons. The van der Waals surface area contributed by atoms with Gasteiger partial charge in [-0.25, -0.2) is 49.6 Å². The number of rotatable bonds is 9. The first-order chi connectivity index (χ1) is 29.1. The van der Waals surface area contributed by atoms with E-state index >= 15 is 0 Å². The van der Waals surface area contributed by atoms with E-state index in [4.69, 9.17) is 14.2 Å². The van der Waals surface area contributed by atoms with Crippen LogP contribution in [0.4, 0.5) is 9.59 Å². The van der Waals surface area contributed by atoms with E-state index in [1.807, 2.05) is 61.6 Å². The van der Waals surface area contributed by atoms with E-state index < -0.39 is 26.1 Å². The standard InChI is InChI=1S/C18H24N4O4S.C17H14N2O3.C7H16N2O2S/c1-20(15-7-9-22(10-8-15)27(3,24)25)18(23)21-12-17(19-13-21)14-5-4-6-16(11-14)26-2;1-21-15-9-5-6-13(10-15)16-11-19(12-18-16)17(20)22-14-7-3-2-4-8-14;1-8-7-3-5-9(6-4-7)12(2,10)11/h4-6,11-13,15H,7-10H2,1-3H3;2-12H,1H3;7-8H,3-6H2,1-2H3. The second kappa shape index (κ2) is 21.3. The second-order valence-electron chi connectivity index (χ2n) is 14.5. The van der Waals surface area contributed by atoms with Gasteiger partial charge in [-0.05, 0) is 69.1 Å². The summed E-state index contributed by atoms with van der Waals surface area (Å²) in [6.07, 6.45) is 11.3. The number of amides is 1. The third-order valence-corrected chi connectivity index (χ3v) is 13.0. The van der Waals surface area contributed by atoms with Crippen molar-refractivity contribution in [3.05, 3.63) is 104 Å². The zero-order valence-electron chi connectivity index (χ0n) is 35.2. The largest absolute Gasteiger partial charge is 0.497 e. The fourth-order valence-corrected chi connectivity index (χ4v) is 8.48. The van der Waals surface area contributed by atoms with Crippen LogP contribution in [0.1, 0.15) is 25.7 Å². The van der Waals surface area contributed by atoms with E-state index in [0.29, 0.717) is 62.2 Å². The number of hydrogen-bond acceptors (Lipinski definition) is 12. The van der Waals surface area contributed by atoms with Crippen LogP contribution in [-0.4, -0.2) is 141 Å². The van der Waals surface area contributed by atoms with Crippen molar-refractivity contribution in [2.45, 2.75) is 37.8 Å². The predicted molar refractivity (Wildman–Crippen MR) is 233 cm³/mol. The van der Waals surface area contributed by atoms with E-state index in [1.54, 1.807) is 67.1 Å². The number of sulfonamides is 2. The molecule has 0 aliphatic carbocycles. The summed E-state index contributed by atoms with van der Waals surface area (Å²) in [5, 5.41) is 3.15. The van der Waals surface area contributed by atoms with E-state index in [9.17, 15) is 26.4 Å². The van der Waals surface area contributed by atoms with Crippen LogP contribution in [0.15, 0.2) is 104 Å². The number of piperidine rings is 2. The van der Waals surface area contributed by atoms with Crippen LogP contribution in [0, 0.1) is 0 Å². The molecule has 2 aliphatic heterocycles. The van der Waals surface area contributed by atoms with Gasteiger partial charge in [-0.1, -0.05) is 42.5 Å². The van der Waals surface area contributed by atoms with Gasteiger partial charge in [0.2, 0.25) is 20.0 Å². The van der Waals surface area contributed by atoms with Crippen molar-refractivity contribution in [1.82, 2.24) is 37.9 Å². The zero-order valence-corrected chi connectivity index (χ0v) is 36.9. The van der Waals surface area contributed by atoms with Gasteiger partial charge in [0.1, 0.15) is 29.9 Å². The Morgan fingerprint density at radius 1 is 0.672 bits per heavy atom. The molecular weight excluding hydrogens is 825 g/mol. The lowest BCUT2D eigenvalue weighted by molar-refractivity contribution is 0.164. The van der Waals surface area contributed by atoms with Crippen molar-refractivity contribution in [2.75, 3.05) is 67.0 Å². The van der Waals surface area contributed by atoms with Crippen LogP contribution in [0.25, 0.3) is 22.5 Å². The summed E-state index contributed by atoms with van der Waals surface area (Å²) in [5.41, 5.74) is 3.09. The minimum atomic E-state index is -3.18. The van der Waals surface area contributed by atoms with Gasteiger partial charge in [-0.3, -0.25) is 4.57 Å². The first kappa shape index (κ1) is 46.5. The predicted octanol–water partition coefficient (Wildman–Crippen LogP) is 5.12. The highest BCUT2D eigenvalue weighted by Gasteiger charge is 2.30. The number of carbonyl (C=O) groups excluding carboxylic acids is 2. The maximum atomic E-state index is 12.8. The van der Waals surface area contributed by atoms with Crippen LogP contribution in [0.5, 0.6) is 17.2 Å². The molecule has 0 bridgehead atoms. The van der Waals surface area contributed by atoms with Crippen LogP contribution < -0.4 is 19.5 Å². The first-order valence-electron chi connectivity index (χ1n) is 19.6. The molecule has 0 unspecified atom stereocenters. The van der Waals surface area contributed by atoms with Gasteiger partial charge >= 0.3 is 12.1 Å². The molecule has 5 aromatic rings. The fraction of sp³-hybridized carbons (Fsp3) is 0.381. The van der Waals surface area contributed by atoms with Crippen LogP contribution in [0.2, 0.25) is 0 Å². The van der Waals surface area contributed by atoms with Gasteiger partial charge < -0.3 is 24.4 Å². The summed E-state index contributed by atoms with van der Waals surface area (Å²) in [7, 11) is 0.742. The van der Waals surface area contributed by atoms with Crippen molar-refractivity contribution in [2.24, 2.45) is 0 Å². The molecule has 2 saturated heterocycles. The molecule has 17 nitrogen and oxygen atoms in total. The topological polar surface area (TPSA) is 187 Å². The van der Waals surface area contributed by atoms with Gasteiger partial charge in [0.25, 0.3) is 0 Å². The van der Waals surface area contributed by atoms with Crippen LogP contribution in [0.3, 0.4) is 0 Å². The Balaban J connectivity index is 0.000000186. The Morgan fingerprint density at radius 3 is 1.61 bits per heavy atom. The third kappa shape index (κ3) is 13.2. The lowest BCUT2D eigenvalue weighted by Crippen LogP contribution is -2.47. The molecule has 0 atom stereocenters.